The molecule has 0 saturated carbocycles. The summed E-state index contributed by atoms with van der Waals surface area (Å²) >= 11 is 0. The van der Waals surface area contributed by atoms with Crippen molar-refractivity contribution in [3.8, 4) is 0 Å². The number of hydrogen-bond donors (Lipinski definition) is 2. The molecule has 1 heterocycles. The van der Waals surface area contributed by atoms with E-state index >= 15 is 0 Å². The van der Waals surface area contributed by atoms with E-state index in [0.29, 0.717) is 17.6 Å². The lowest BCUT2D eigenvalue weighted by Gasteiger charge is -2.24. The van der Waals surface area contributed by atoms with Crippen LogP contribution in [-0.4, -0.2) is 20.6 Å². The van der Waals surface area contributed by atoms with Crippen LogP contribution >= 0.6 is 0 Å². The molecule has 2 N–H and O–H groups in total. The fourth-order valence-corrected chi connectivity index (χ4v) is 2.10. The summed E-state index contributed by atoms with van der Waals surface area (Å²) in [5, 5.41) is 9.08. The first-order chi connectivity index (χ1) is 9.75. The average molecular weight is 290 g/mol. The van der Waals surface area contributed by atoms with Crippen molar-refractivity contribution >= 4 is 17.0 Å². The van der Waals surface area contributed by atoms with Crippen molar-refractivity contribution in [2.45, 2.75) is 33.7 Å². The van der Waals surface area contributed by atoms with Crippen LogP contribution in [0.1, 0.15) is 37.6 Å². The number of benzene rings is 1. The Hall–Kier alpha value is -2.37. The molecule has 6 nitrogen and oxygen atoms in total. The van der Waals surface area contributed by atoms with Crippen LogP contribution < -0.4 is 11.1 Å². The molecule has 1 aromatic carbocycles. The summed E-state index contributed by atoms with van der Waals surface area (Å²) in [6.45, 7) is 6.34. The van der Waals surface area contributed by atoms with Crippen LogP contribution in [0.15, 0.2) is 27.8 Å². The standard InChI is InChI=1S/C15H18N2O4/c1-4-15(2,3)8-17-11-7-9(14(20)21)5-6-10(11)16-12(18)13(17)19/h5-7H,4,8H2,1-3H3,(H,16,18)(H,20,21). The quantitative estimate of drug-likeness (QED) is 0.840. The zero-order valence-electron chi connectivity index (χ0n) is 12.3. The Bertz CT molecular complexity index is 815. The molecule has 0 spiro atoms. The Morgan fingerprint density at radius 3 is 2.57 bits per heavy atom. The average Bonchev–Trinajstić information content (AvgIpc) is 2.43. The zero-order valence-corrected chi connectivity index (χ0v) is 12.3. The summed E-state index contributed by atoms with van der Waals surface area (Å²) in [5.74, 6) is -1.07. The van der Waals surface area contributed by atoms with Crippen LogP contribution in [0, 0.1) is 5.41 Å². The third-order valence-corrected chi connectivity index (χ3v) is 3.77. The van der Waals surface area contributed by atoms with Crippen molar-refractivity contribution in [3.63, 3.8) is 0 Å². The number of aromatic amines is 1. The van der Waals surface area contributed by atoms with Gasteiger partial charge in [0.05, 0.1) is 16.6 Å². The third-order valence-electron chi connectivity index (χ3n) is 3.77. The number of nitrogens with one attached hydrogen (secondary N) is 1. The predicted molar refractivity (Wildman–Crippen MR) is 79.9 cm³/mol. The van der Waals surface area contributed by atoms with Crippen LogP contribution in [-0.2, 0) is 6.54 Å². The van der Waals surface area contributed by atoms with Gasteiger partial charge in [0, 0.05) is 6.54 Å². The monoisotopic (exact) mass is 290 g/mol. The number of aromatic nitrogens is 2. The second-order valence-electron chi connectivity index (χ2n) is 5.90. The molecule has 1 aromatic heterocycles. The predicted octanol–water partition coefficient (Wildman–Crippen LogP) is 1.82. The minimum Gasteiger partial charge on any atom is -0.478 e. The van der Waals surface area contributed by atoms with E-state index in [-0.39, 0.29) is 11.0 Å². The summed E-state index contributed by atoms with van der Waals surface area (Å²) < 4.78 is 1.37. The van der Waals surface area contributed by atoms with E-state index in [9.17, 15) is 14.4 Å². The highest BCUT2D eigenvalue weighted by Gasteiger charge is 2.19. The Morgan fingerprint density at radius 2 is 2.00 bits per heavy atom. The Kier molecular flexibility index (Phi) is 3.72. The van der Waals surface area contributed by atoms with Gasteiger partial charge >= 0.3 is 17.1 Å². The number of carbonyl (C=O) groups is 1. The molecule has 0 fully saturated rings. The lowest BCUT2D eigenvalue weighted by molar-refractivity contribution is 0.0697. The van der Waals surface area contributed by atoms with Gasteiger partial charge in [0.25, 0.3) is 0 Å². The Balaban J connectivity index is 2.78. The smallest absolute Gasteiger partial charge is 0.335 e. The summed E-state index contributed by atoms with van der Waals surface area (Å²) in [5.41, 5.74) is -0.567. The summed E-state index contributed by atoms with van der Waals surface area (Å²) in [6, 6.07) is 4.33. The van der Waals surface area contributed by atoms with E-state index in [1.165, 1.54) is 22.8 Å². The number of H-pyrrole nitrogens is 1. The molecule has 0 saturated heterocycles. The molecular weight excluding hydrogens is 272 g/mol. The molecule has 0 aliphatic carbocycles. The van der Waals surface area contributed by atoms with Gasteiger partial charge in [-0.3, -0.25) is 9.59 Å². The first-order valence-corrected chi connectivity index (χ1v) is 6.75. The number of aromatic carboxylic acids is 1. The lowest BCUT2D eigenvalue weighted by Crippen LogP contribution is -2.39. The van der Waals surface area contributed by atoms with Gasteiger partial charge in [-0.05, 0) is 30.0 Å². The maximum atomic E-state index is 12.1. The van der Waals surface area contributed by atoms with Gasteiger partial charge in [0.1, 0.15) is 0 Å². The number of rotatable bonds is 4. The fraction of sp³-hybridized carbons (Fsp3) is 0.400. The molecule has 112 valence electrons. The van der Waals surface area contributed by atoms with Gasteiger partial charge in [-0.25, -0.2) is 4.79 Å². The molecule has 0 atom stereocenters. The normalized spacial score (nSPS) is 11.8. The molecule has 2 rings (SSSR count). The molecule has 0 aliphatic rings. The molecule has 0 radical (unpaired) electrons. The highest BCUT2D eigenvalue weighted by atomic mass is 16.4. The third kappa shape index (κ3) is 2.89. The van der Waals surface area contributed by atoms with Gasteiger partial charge in [-0.2, -0.15) is 0 Å². The van der Waals surface area contributed by atoms with Crippen molar-refractivity contribution in [1.82, 2.24) is 9.55 Å². The second-order valence-corrected chi connectivity index (χ2v) is 5.90. The first-order valence-electron chi connectivity index (χ1n) is 6.75. The van der Waals surface area contributed by atoms with E-state index in [4.69, 9.17) is 5.11 Å². The van der Waals surface area contributed by atoms with Crippen molar-refractivity contribution in [2.24, 2.45) is 5.41 Å². The molecule has 0 bridgehead atoms. The van der Waals surface area contributed by atoms with Crippen molar-refractivity contribution < 1.29 is 9.90 Å². The highest BCUT2D eigenvalue weighted by molar-refractivity contribution is 5.92. The second kappa shape index (κ2) is 5.20. The Morgan fingerprint density at radius 1 is 1.33 bits per heavy atom. The van der Waals surface area contributed by atoms with Crippen LogP contribution in [0.25, 0.3) is 11.0 Å². The van der Waals surface area contributed by atoms with Crippen molar-refractivity contribution in [3.05, 3.63) is 44.5 Å². The first kappa shape index (κ1) is 15.0. The molecule has 0 amide bonds. The van der Waals surface area contributed by atoms with E-state index in [1.54, 1.807) is 0 Å². The highest BCUT2D eigenvalue weighted by Crippen LogP contribution is 2.23. The van der Waals surface area contributed by atoms with Crippen molar-refractivity contribution in [2.75, 3.05) is 0 Å². The van der Waals surface area contributed by atoms with Crippen LogP contribution in [0.4, 0.5) is 0 Å². The SMILES string of the molecule is CCC(C)(C)Cn1c(=O)c(=O)[nH]c2ccc(C(=O)O)cc21. The van der Waals surface area contributed by atoms with Gasteiger partial charge in [-0.1, -0.05) is 20.8 Å². The van der Waals surface area contributed by atoms with E-state index < -0.39 is 17.1 Å². The van der Waals surface area contributed by atoms with Crippen LogP contribution in [0.2, 0.25) is 0 Å². The van der Waals surface area contributed by atoms with E-state index in [1.807, 2.05) is 20.8 Å². The Labute approximate surface area is 121 Å². The number of carboxylic acid groups (broad SMARTS) is 1. The largest absolute Gasteiger partial charge is 0.478 e. The van der Waals surface area contributed by atoms with Crippen LogP contribution in [0.3, 0.4) is 0 Å². The molecule has 21 heavy (non-hydrogen) atoms. The molecule has 0 unspecified atom stereocenters. The fourth-order valence-electron chi connectivity index (χ4n) is 2.10. The molecule has 2 aromatic rings. The zero-order chi connectivity index (χ0) is 15.8. The number of nitrogens with zero attached hydrogens (tertiary/aromatic N) is 1. The molecular formula is C15H18N2O4. The number of carboxylic acids is 1. The minimum atomic E-state index is -1.07. The summed E-state index contributed by atoms with van der Waals surface area (Å²) in [7, 11) is 0. The maximum absolute atomic E-state index is 12.1. The number of hydrogen-bond acceptors (Lipinski definition) is 3. The minimum absolute atomic E-state index is 0.0806. The van der Waals surface area contributed by atoms with E-state index in [2.05, 4.69) is 4.98 Å². The van der Waals surface area contributed by atoms with Gasteiger partial charge in [0.2, 0.25) is 0 Å². The lowest BCUT2D eigenvalue weighted by atomic mass is 9.90. The van der Waals surface area contributed by atoms with E-state index in [0.717, 1.165) is 6.42 Å². The van der Waals surface area contributed by atoms with Gasteiger partial charge in [0.15, 0.2) is 0 Å². The summed E-state index contributed by atoms with van der Waals surface area (Å²) in [4.78, 5) is 37.4. The van der Waals surface area contributed by atoms with Crippen LogP contribution in [0.5, 0.6) is 0 Å². The summed E-state index contributed by atoms with van der Waals surface area (Å²) in [6.07, 6.45) is 0.826. The topological polar surface area (TPSA) is 92.2 Å². The maximum Gasteiger partial charge on any atom is 0.335 e. The van der Waals surface area contributed by atoms with Gasteiger partial charge < -0.3 is 14.7 Å². The van der Waals surface area contributed by atoms with Gasteiger partial charge in [-0.15, -0.1) is 0 Å². The van der Waals surface area contributed by atoms with Crippen molar-refractivity contribution in [1.29, 1.82) is 0 Å². The molecule has 6 heteroatoms. The number of fused-ring (bicyclic) bond motifs is 1. The molecule has 0 aliphatic heterocycles.